The lowest BCUT2D eigenvalue weighted by Crippen LogP contribution is -2.34. The summed E-state index contributed by atoms with van der Waals surface area (Å²) in [4.78, 5) is 30.2. The van der Waals surface area contributed by atoms with Crippen LogP contribution in [0.1, 0.15) is 37.7 Å². The third-order valence-electron chi connectivity index (χ3n) is 4.58. The van der Waals surface area contributed by atoms with E-state index >= 15 is 0 Å². The van der Waals surface area contributed by atoms with Crippen LogP contribution in [-0.2, 0) is 16.1 Å². The summed E-state index contributed by atoms with van der Waals surface area (Å²) in [6.07, 6.45) is 10.7. The smallest absolute Gasteiger partial charge is 0.225 e. The van der Waals surface area contributed by atoms with E-state index in [-0.39, 0.29) is 17.7 Å². The van der Waals surface area contributed by atoms with Crippen molar-refractivity contribution in [1.29, 1.82) is 0 Å². The van der Waals surface area contributed by atoms with Gasteiger partial charge in [0.1, 0.15) is 0 Å². The molecule has 2 heterocycles. The van der Waals surface area contributed by atoms with Crippen LogP contribution >= 0.6 is 0 Å². The molecule has 0 saturated carbocycles. The van der Waals surface area contributed by atoms with E-state index in [0.717, 1.165) is 18.4 Å². The highest BCUT2D eigenvalue weighted by atomic mass is 16.2. The molecule has 3 rings (SSSR count). The number of nitrogens with one attached hydrogen (secondary N) is 1. The van der Waals surface area contributed by atoms with E-state index in [0.29, 0.717) is 26.1 Å². The fourth-order valence-electron chi connectivity index (χ4n) is 3.22. The average Bonchev–Trinajstić information content (AvgIpc) is 2.95. The summed E-state index contributed by atoms with van der Waals surface area (Å²) in [5.41, 5.74) is 2.37. The molecule has 1 atom stereocenters. The Labute approximate surface area is 136 Å². The SMILES string of the molecule is O=C(NCC1=CCCCC1)[C@@H]1CC(=O)N(Cc2ccncc2)C1. The van der Waals surface area contributed by atoms with E-state index in [1.54, 1.807) is 17.3 Å². The summed E-state index contributed by atoms with van der Waals surface area (Å²) in [5, 5.41) is 3.00. The first kappa shape index (κ1) is 15.7. The first-order chi connectivity index (χ1) is 11.2. The number of carbonyl (C=O) groups excluding carboxylic acids is 2. The second-order valence-corrected chi connectivity index (χ2v) is 6.36. The molecule has 1 aliphatic carbocycles. The number of nitrogens with zero attached hydrogens (tertiary/aromatic N) is 2. The Kier molecular flexibility index (Phi) is 5.05. The minimum Gasteiger partial charge on any atom is -0.352 e. The highest BCUT2D eigenvalue weighted by molar-refractivity contribution is 5.89. The van der Waals surface area contributed by atoms with E-state index in [4.69, 9.17) is 0 Å². The Morgan fingerprint density at radius 2 is 2.13 bits per heavy atom. The maximum absolute atomic E-state index is 12.3. The van der Waals surface area contributed by atoms with Crippen molar-refractivity contribution in [2.75, 3.05) is 13.1 Å². The second-order valence-electron chi connectivity index (χ2n) is 6.36. The monoisotopic (exact) mass is 313 g/mol. The highest BCUT2D eigenvalue weighted by Gasteiger charge is 2.34. The lowest BCUT2D eigenvalue weighted by Gasteiger charge is -2.17. The normalized spacial score (nSPS) is 21.2. The molecule has 5 nitrogen and oxygen atoms in total. The van der Waals surface area contributed by atoms with Crippen LogP contribution in [0.5, 0.6) is 0 Å². The molecular weight excluding hydrogens is 290 g/mol. The van der Waals surface area contributed by atoms with E-state index in [1.807, 2.05) is 12.1 Å². The molecule has 0 radical (unpaired) electrons. The molecule has 5 heteroatoms. The van der Waals surface area contributed by atoms with Gasteiger partial charge in [-0.05, 0) is 43.4 Å². The number of aromatic nitrogens is 1. The van der Waals surface area contributed by atoms with Crippen LogP contribution in [0, 0.1) is 5.92 Å². The van der Waals surface area contributed by atoms with Gasteiger partial charge in [-0.1, -0.05) is 11.6 Å². The number of hydrogen-bond donors (Lipinski definition) is 1. The molecule has 0 spiro atoms. The number of amides is 2. The fourth-order valence-corrected chi connectivity index (χ4v) is 3.22. The zero-order valence-corrected chi connectivity index (χ0v) is 13.3. The summed E-state index contributed by atoms with van der Waals surface area (Å²) in [7, 11) is 0. The van der Waals surface area contributed by atoms with Crippen molar-refractivity contribution in [2.45, 2.75) is 38.6 Å². The molecule has 2 amide bonds. The number of likely N-dealkylation sites (tertiary alicyclic amines) is 1. The molecular formula is C18H23N3O2. The van der Waals surface area contributed by atoms with Gasteiger partial charge in [-0.2, -0.15) is 0 Å². The molecule has 0 aromatic carbocycles. The van der Waals surface area contributed by atoms with Gasteiger partial charge in [0.25, 0.3) is 0 Å². The van der Waals surface area contributed by atoms with Crippen molar-refractivity contribution >= 4 is 11.8 Å². The Morgan fingerprint density at radius 3 is 2.87 bits per heavy atom. The number of rotatable bonds is 5. The summed E-state index contributed by atoms with van der Waals surface area (Å²) in [5.74, 6) is -0.172. The maximum atomic E-state index is 12.3. The first-order valence-corrected chi connectivity index (χ1v) is 8.34. The molecule has 1 aromatic rings. The lowest BCUT2D eigenvalue weighted by atomic mass is 9.99. The van der Waals surface area contributed by atoms with Gasteiger partial charge in [-0.25, -0.2) is 0 Å². The molecule has 122 valence electrons. The van der Waals surface area contributed by atoms with Crippen molar-refractivity contribution in [2.24, 2.45) is 5.92 Å². The summed E-state index contributed by atoms with van der Waals surface area (Å²) in [6, 6.07) is 3.80. The van der Waals surface area contributed by atoms with Gasteiger partial charge in [-0.15, -0.1) is 0 Å². The van der Waals surface area contributed by atoms with Gasteiger partial charge >= 0.3 is 0 Å². The van der Waals surface area contributed by atoms with Crippen LogP contribution in [0.2, 0.25) is 0 Å². The maximum Gasteiger partial charge on any atom is 0.225 e. The van der Waals surface area contributed by atoms with Crippen LogP contribution in [0.15, 0.2) is 36.2 Å². The number of allylic oxidation sites excluding steroid dienone is 1. The van der Waals surface area contributed by atoms with Crippen molar-refractivity contribution in [3.05, 3.63) is 41.7 Å². The van der Waals surface area contributed by atoms with Gasteiger partial charge in [0.15, 0.2) is 0 Å². The number of hydrogen-bond acceptors (Lipinski definition) is 3. The molecule has 2 aliphatic rings. The third kappa shape index (κ3) is 4.18. The largest absolute Gasteiger partial charge is 0.352 e. The van der Waals surface area contributed by atoms with Gasteiger partial charge in [0.05, 0.1) is 5.92 Å². The number of carbonyl (C=O) groups is 2. The molecule has 1 saturated heterocycles. The third-order valence-corrected chi connectivity index (χ3v) is 4.58. The second kappa shape index (κ2) is 7.40. The van der Waals surface area contributed by atoms with E-state index in [1.165, 1.54) is 18.4 Å². The topological polar surface area (TPSA) is 62.3 Å². The highest BCUT2D eigenvalue weighted by Crippen LogP contribution is 2.21. The van der Waals surface area contributed by atoms with Gasteiger partial charge < -0.3 is 10.2 Å². The van der Waals surface area contributed by atoms with E-state index in [9.17, 15) is 9.59 Å². The summed E-state index contributed by atoms with van der Waals surface area (Å²) >= 11 is 0. The van der Waals surface area contributed by atoms with Crippen LogP contribution in [-0.4, -0.2) is 34.8 Å². The Morgan fingerprint density at radius 1 is 1.30 bits per heavy atom. The fraction of sp³-hybridized carbons (Fsp3) is 0.500. The molecule has 23 heavy (non-hydrogen) atoms. The standard InChI is InChI=1S/C18H23N3O2/c22-17-10-16(13-21(17)12-15-6-8-19-9-7-15)18(23)20-11-14-4-2-1-3-5-14/h4,6-9,16H,1-3,5,10-13H2,(H,20,23)/t16-/m1/s1. The Balaban J connectivity index is 1.50. The van der Waals surface area contributed by atoms with Crippen molar-refractivity contribution in [3.63, 3.8) is 0 Å². The predicted molar refractivity (Wildman–Crippen MR) is 87.3 cm³/mol. The minimum atomic E-state index is -0.228. The molecule has 0 unspecified atom stereocenters. The zero-order chi connectivity index (χ0) is 16.1. The molecule has 0 bridgehead atoms. The van der Waals surface area contributed by atoms with E-state index < -0.39 is 0 Å². The number of pyridine rings is 1. The van der Waals surface area contributed by atoms with Gasteiger partial charge in [-0.3, -0.25) is 14.6 Å². The molecule has 1 aromatic heterocycles. The Hall–Kier alpha value is -2.17. The van der Waals surface area contributed by atoms with Gasteiger partial charge in [0.2, 0.25) is 11.8 Å². The Bertz CT molecular complexity index is 598. The molecule has 1 fully saturated rings. The lowest BCUT2D eigenvalue weighted by molar-refractivity contribution is -0.129. The average molecular weight is 313 g/mol. The van der Waals surface area contributed by atoms with Crippen LogP contribution in [0.3, 0.4) is 0 Å². The van der Waals surface area contributed by atoms with Crippen molar-refractivity contribution < 1.29 is 9.59 Å². The molecule has 1 aliphatic heterocycles. The van der Waals surface area contributed by atoms with Crippen molar-refractivity contribution in [3.8, 4) is 0 Å². The van der Waals surface area contributed by atoms with Crippen LogP contribution in [0.4, 0.5) is 0 Å². The zero-order valence-electron chi connectivity index (χ0n) is 13.3. The summed E-state index contributed by atoms with van der Waals surface area (Å²) < 4.78 is 0. The van der Waals surface area contributed by atoms with E-state index in [2.05, 4.69) is 16.4 Å². The van der Waals surface area contributed by atoms with Gasteiger partial charge in [0, 0.05) is 38.4 Å². The quantitative estimate of drug-likeness (QED) is 0.846. The van der Waals surface area contributed by atoms with Crippen LogP contribution < -0.4 is 5.32 Å². The van der Waals surface area contributed by atoms with Crippen molar-refractivity contribution in [1.82, 2.24) is 15.2 Å². The predicted octanol–water partition coefficient (Wildman–Crippen LogP) is 2.05. The minimum absolute atomic E-state index is 0.00190. The van der Waals surface area contributed by atoms with Crippen LogP contribution in [0.25, 0.3) is 0 Å². The molecule has 1 N–H and O–H groups in total. The first-order valence-electron chi connectivity index (χ1n) is 8.34. The summed E-state index contributed by atoms with van der Waals surface area (Å²) in [6.45, 7) is 1.69.